The van der Waals surface area contributed by atoms with Crippen molar-refractivity contribution in [2.24, 2.45) is 0 Å². The monoisotopic (exact) mass is 879 g/mol. The van der Waals surface area contributed by atoms with Crippen LogP contribution in [-0.4, -0.2) is 52.9 Å². The summed E-state index contributed by atoms with van der Waals surface area (Å²) in [6, 6.07) is 17.0. The first-order chi connectivity index (χ1) is 25.8. The van der Waals surface area contributed by atoms with E-state index >= 15 is 8.42 Å². The first-order valence-electron chi connectivity index (χ1n) is 22.1. The molecule has 6 nitrogen and oxygen atoms in total. The minimum atomic E-state index is -4.04. The molecule has 0 aliphatic heterocycles. The zero-order chi connectivity index (χ0) is 44.1. The summed E-state index contributed by atoms with van der Waals surface area (Å²) in [6.45, 7) is 44.7. The Bertz CT molecular complexity index is 1580. The first-order valence-corrected chi connectivity index (χ1v) is 34.5. The second-order valence-electron chi connectivity index (χ2n) is 21.0. The summed E-state index contributed by atoms with van der Waals surface area (Å²) in [4.78, 5) is 0.460. The van der Waals surface area contributed by atoms with Crippen LogP contribution in [0.4, 0.5) is 0 Å². The van der Waals surface area contributed by atoms with Crippen LogP contribution in [0.1, 0.15) is 135 Å². The Kier molecular flexibility index (Phi) is 17.5. The number of rotatable bonds is 22. The topological polar surface area (TPSA) is 71.1 Å². The molecule has 0 heterocycles. The highest BCUT2D eigenvalue weighted by Gasteiger charge is 2.43. The van der Waals surface area contributed by atoms with Crippen LogP contribution >= 0.6 is 0 Å². The van der Waals surface area contributed by atoms with Crippen molar-refractivity contribution in [2.75, 3.05) is 0 Å². The molecule has 0 N–H and O–H groups in total. The van der Waals surface area contributed by atoms with Gasteiger partial charge < -0.3 is 17.7 Å². The van der Waals surface area contributed by atoms with E-state index in [0.717, 1.165) is 73.1 Å². The lowest BCUT2D eigenvalue weighted by atomic mass is 9.99. The van der Waals surface area contributed by atoms with Gasteiger partial charge in [-0.15, -0.1) is 0 Å². The fourth-order valence-electron chi connectivity index (χ4n) is 7.22. The van der Waals surface area contributed by atoms with Gasteiger partial charge in [0.1, 0.15) is 21.3 Å². The van der Waals surface area contributed by atoms with Crippen LogP contribution < -0.4 is 8.85 Å². The van der Waals surface area contributed by atoms with Crippen LogP contribution in [0, 0.1) is 0 Å². The zero-order valence-electron chi connectivity index (χ0n) is 40.4. The lowest BCUT2D eigenvalue weighted by Gasteiger charge is -2.43. The molecule has 0 saturated heterocycles. The van der Waals surface area contributed by atoms with Crippen LogP contribution in [0.25, 0.3) is 0 Å². The van der Waals surface area contributed by atoms with Gasteiger partial charge in [-0.05, 0) is 161 Å². The molecule has 0 saturated carbocycles. The summed E-state index contributed by atoms with van der Waals surface area (Å²) in [7, 11) is -12.5. The van der Waals surface area contributed by atoms with Gasteiger partial charge in [0.15, 0.2) is 16.6 Å². The SMILES string of the molecule is CC[Si](CC)(CC)Oc1cc(CCC(C)(C)O[Si](C)(C)C(C)(C)C)ccc1S(=O)(=O)c1ccc(CCC(C)(C)O[Si](C)(C)C(C)(C)C)cc1O[Si](CC)(CC)CC. The molecule has 0 aromatic heterocycles. The fourth-order valence-corrected chi connectivity index (χ4v) is 17.5. The van der Waals surface area contributed by atoms with Gasteiger partial charge in [0.2, 0.25) is 9.84 Å². The van der Waals surface area contributed by atoms with Crippen molar-refractivity contribution in [3.63, 3.8) is 0 Å². The summed E-state index contributed by atoms with van der Waals surface area (Å²) < 4.78 is 58.2. The number of aryl methyl sites for hydroxylation is 2. The van der Waals surface area contributed by atoms with E-state index in [1.165, 1.54) is 0 Å². The van der Waals surface area contributed by atoms with Crippen LogP contribution in [0.5, 0.6) is 11.5 Å². The molecular formula is C46H86O6SSi4. The Balaban J connectivity index is 2.73. The molecule has 0 fully saturated rings. The molecule has 0 aliphatic rings. The number of hydrogen-bond acceptors (Lipinski definition) is 6. The lowest BCUT2D eigenvalue weighted by Crippen LogP contribution is -2.47. The maximum atomic E-state index is 15.2. The van der Waals surface area contributed by atoms with Crippen LogP contribution in [-0.2, 0) is 31.5 Å². The van der Waals surface area contributed by atoms with E-state index in [4.69, 9.17) is 17.7 Å². The fraction of sp³-hybridized carbons (Fsp3) is 0.739. The molecule has 0 radical (unpaired) electrons. The summed E-state index contributed by atoms with van der Waals surface area (Å²) in [6.07, 6.45) is 3.15. The lowest BCUT2D eigenvalue weighted by molar-refractivity contribution is 0.0822. The maximum Gasteiger partial charge on any atom is 0.250 e. The van der Waals surface area contributed by atoms with E-state index in [0.29, 0.717) is 11.5 Å². The van der Waals surface area contributed by atoms with E-state index in [1.54, 1.807) is 12.1 Å². The largest absolute Gasteiger partial charge is 0.543 e. The standard InChI is InChI=1S/C46H86O6SSi4/c1-21-56(22-2,23-3)49-39-35-37(31-33-45(13,14)51-54(17,18)43(7,8)9)27-29-41(39)53(47,48)42-30-28-38(36-40(42)50-57(24-4,25-5)26-6)32-34-46(15,16)52-55(19,20)44(10,11)12/h27-30,35-36H,21-26,31-34H2,1-20H3. The molecule has 2 aromatic carbocycles. The Morgan fingerprint density at radius 2 is 0.772 bits per heavy atom. The van der Waals surface area contributed by atoms with Crippen LogP contribution in [0.3, 0.4) is 0 Å². The predicted octanol–water partition coefficient (Wildman–Crippen LogP) is 14.8. The van der Waals surface area contributed by atoms with E-state index in [2.05, 4.69) is 137 Å². The third-order valence-corrected chi connectivity index (χ3v) is 34.0. The molecule has 328 valence electrons. The highest BCUT2D eigenvalue weighted by atomic mass is 32.2. The van der Waals surface area contributed by atoms with Gasteiger partial charge in [-0.2, -0.15) is 0 Å². The smallest absolute Gasteiger partial charge is 0.250 e. The summed E-state index contributed by atoms with van der Waals surface area (Å²) in [5, 5.41) is 0.222. The van der Waals surface area contributed by atoms with Crippen molar-refractivity contribution < 1.29 is 26.1 Å². The minimum absolute atomic E-state index is 0.111. The highest BCUT2D eigenvalue weighted by molar-refractivity contribution is 7.91. The van der Waals surface area contributed by atoms with Crippen molar-refractivity contribution in [3.8, 4) is 11.5 Å². The van der Waals surface area contributed by atoms with Gasteiger partial charge in [0, 0.05) is 0 Å². The van der Waals surface area contributed by atoms with Crippen LogP contribution in [0.2, 0.25) is 72.5 Å². The predicted molar refractivity (Wildman–Crippen MR) is 255 cm³/mol. The van der Waals surface area contributed by atoms with Crippen molar-refractivity contribution in [3.05, 3.63) is 47.5 Å². The molecule has 0 aliphatic carbocycles. The van der Waals surface area contributed by atoms with E-state index in [1.807, 2.05) is 24.3 Å². The molecule has 57 heavy (non-hydrogen) atoms. The highest BCUT2D eigenvalue weighted by Crippen LogP contribution is 2.43. The third-order valence-electron chi connectivity index (χ3n) is 13.8. The van der Waals surface area contributed by atoms with Gasteiger partial charge >= 0.3 is 0 Å². The van der Waals surface area contributed by atoms with Crippen molar-refractivity contribution in [2.45, 2.75) is 230 Å². The molecule has 0 atom stereocenters. The van der Waals surface area contributed by atoms with Gasteiger partial charge in [-0.1, -0.05) is 95.2 Å². The first kappa shape index (κ1) is 51.9. The molecule has 0 spiro atoms. The zero-order valence-corrected chi connectivity index (χ0v) is 45.2. The number of benzene rings is 2. The maximum absolute atomic E-state index is 15.2. The van der Waals surface area contributed by atoms with E-state index in [9.17, 15) is 0 Å². The molecule has 0 unspecified atom stereocenters. The third kappa shape index (κ3) is 13.4. The Morgan fingerprint density at radius 3 is 1.02 bits per heavy atom. The normalized spacial score (nSPS) is 14.2. The Hall–Kier alpha value is -1.22. The van der Waals surface area contributed by atoms with Gasteiger partial charge in [0.25, 0.3) is 16.6 Å². The molecule has 2 rings (SSSR count). The van der Waals surface area contributed by atoms with E-state index < -0.39 is 43.1 Å². The van der Waals surface area contributed by atoms with Crippen molar-refractivity contribution in [1.82, 2.24) is 0 Å². The molecule has 0 amide bonds. The average molecular weight is 880 g/mol. The van der Waals surface area contributed by atoms with Gasteiger partial charge in [0.05, 0.1) is 11.2 Å². The second-order valence-corrected chi connectivity index (χ2v) is 41.7. The molecule has 11 heteroatoms. The summed E-state index contributed by atoms with van der Waals surface area (Å²) in [5.74, 6) is 0.967. The average Bonchev–Trinajstić information content (AvgIpc) is 3.09. The molecular weight excluding hydrogens is 793 g/mol. The van der Waals surface area contributed by atoms with Gasteiger partial charge in [-0.25, -0.2) is 8.42 Å². The van der Waals surface area contributed by atoms with Crippen molar-refractivity contribution in [1.29, 1.82) is 0 Å². The Morgan fingerprint density at radius 1 is 0.491 bits per heavy atom. The van der Waals surface area contributed by atoms with Crippen molar-refractivity contribution >= 4 is 43.1 Å². The second kappa shape index (κ2) is 19.2. The summed E-state index contributed by atoms with van der Waals surface area (Å²) >= 11 is 0. The Labute approximate surface area is 356 Å². The minimum Gasteiger partial charge on any atom is -0.543 e. The number of hydrogen-bond donors (Lipinski definition) is 0. The van der Waals surface area contributed by atoms with Crippen LogP contribution in [0.15, 0.2) is 46.2 Å². The quantitative estimate of drug-likeness (QED) is 0.110. The molecule has 2 aromatic rings. The summed E-state index contributed by atoms with van der Waals surface area (Å²) in [5.41, 5.74) is 1.48. The number of sulfone groups is 1. The van der Waals surface area contributed by atoms with E-state index in [-0.39, 0.29) is 31.1 Å². The van der Waals surface area contributed by atoms with Gasteiger partial charge in [-0.3, -0.25) is 0 Å². The molecule has 0 bridgehead atoms.